The Bertz CT molecular complexity index is 1160. The normalized spacial score (nSPS) is 11.2. The number of ketones is 1. The van der Waals surface area contributed by atoms with E-state index in [1.807, 2.05) is 0 Å². The second kappa shape index (κ2) is 10.2. The number of fused-ring (bicyclic) bond motifs is 1. The highest BCUT2D eigenvalue weighted by atomic mass is 35.5. The van der Waals surface area contributed by atoms with Gasteiger partial charge in [-0.15, -0.1) is 0 Å². The molecule has 0 radical (unpaired) electrons. The smallest absolute Gasteiger partial charge is 0.262 e. The van der Waals surface area contributed by atoms with E-state index in [9.17, 15) is 9.59 Å². The van der Waals surface area contributed by atoms with E-state index in [4.69, 9.17) is 21.1 Å². The predicted octanol–water partition coefficient (Wildman–Crippen LogP) is 5.09. The van der Waals surface area contributed by atoms with Crippen LogP contribution in [0.25, 0.3) is 10.9 Å². The number of thioether (sulfide) groups is 1. The maximum absolute atomic E-state index is 13.1. The molecule has 0 N–H and O–H groups in total. The van der Waals surface area contributed by atoms with Gasteiger partial charge in [-0.3, -0.25) is 14.2 Å². The number of hydrogen-bond acceptors (Lipinski definition) is 6. The molecule has 6 nitrogen and oxygen atoms in total. The summed E-state index contributed by atoms with van der Waals surface area (Å²) in [6.45, 7) is 4.74. The standard InChI is InChI=1S/C23H25ClN2O4S/c1-14(2)9-10-26-22(28)17-7-5-15(24)11-19(17)25-23(26)31-13-20(27)18-8-6-16(29-3)12-21(18)30-4/h5-8,11-12,14H,9-10,13H2,1-4H3. The summed E-state index contributed by atoms with van der Waals surface area (Å²) in [5.74, 6) is 1.47. The van der Waals surface area contributed by atoms with E-state index in [1.54, 1.807) is 48.1 Å². The second-order valence-electron chi connectivity index (χ2n) is 7.47. The van der Waals surface area contributed by atoms with Crippen LogP contribution >= 0.6 is 23.4 Å². The zero-order valence-electron chi connectivity index (χ0n) is 18.0. The molecule has 0 atom stereocenters. The van der Waals surface area contributed by atoms with E-state index in [2.05, 4.69) is 18.8 Å². The fraction of sp³-hybridized carbons (Fsp3) is 0.348. The lowest BCUT2D eigenvalue weighted by Crippen LogP contribution is -2.24. The summed E-state index contributed by atoms with van der Waals surface area (Å²) >= 11 is 7.34. The zero-order valence-corrected chi connectivity index (χ0v) is 19.5. The van der Waals surface area contributed by atoms with Gasteiger partial charge in [0.2, 0.25) is 0 Å². The van der Waals surface area contributed by atoms with Gasteiger partial charge < -0.3 is 9.47 Å². The minimum absolute atomic E-state index is 0.114. The summed E-state index contributed by atoms with van der Waals surface area (Å²) < 4.78 is 12.2. The zero-order chi connectivity index (χ0) is 22.5. The number of Topliss-reactive ketones (excluding diaryl/α,β-unsaturated/α-hetero) is 1. The Morgan fingerprint density at radius 1 is 1.16 bits per heavy atom. The molecule has 31 heavy (non-hydrogen) atoms. The van der Waals surface area contributed by atoms with Crippen LogP contribution in [0.5, 0.6) is 11.5 Å². The molecular weight excluding hydrogens is 436 g/mol. The molecule has 2 aromatic carbocycles. The van der Waals surface area contributed by atoms with Crippen LogP contribution in [0.3, 0.4) is 0 Å². The molecule has 0 aliphatic rings. The van der Waals surface area contributed by atoms with Gasteiger partial charge in [0.15, 0.2) is 10.9 Å². The molecule has 0 bridgehead atoms. The van der Waals surface area contributed by atoms with Crippen molar-refractivity contribution in [3.63, 3.8) is 0 Å². The molecule has 0 fully saturated rings. The van der Waals surface area contributed by atoms with Crippen molar-refractivity contribution in [1.29, 1.82) is 0 Å². The van der Waals surface area contributed by atoms with Crippen molar-refractivity contribution in [1.82, 2.24) is 9.55 Å². The number of ether oxygens (including phenoxy) is 2. The lowest BCUT2D eigenvalue weighted by Gasteiger charge is -2.14. The Hall–Kier alpha value is -2.51. The second-order valence-corrected chi connectivity index (χ2v) is 8.85. The van der Waals surface area contributed by atoms with Gasteiger partial charge in [-0.25, -0.2) is 4.98 Å². The number of methoxy groups -OCH3 is 2. The number of aromatic nitrogens is 2. The average molecular weight is 461 g/mol. The van der Waals surface area contributed by atoms with Crippen molar-refractivity contribution in [3.05, 3.63) is 57.3 Å². The molecule has 164 valence electrons. The molecule has 0 saturated heterocycles. The number of carbonyl (C=O) groups excluding carboxylic acids is 1. The van der Waals surface area contributed by atoms with Gasteiger partial charge in [0.05, 0.1) is 36.4 Å². The van der Waals surface area contributed by atoms with Crippen LogP contribution in [0, 0.1) is 5.92 Å². The van der Waals surface area contributed by atoms with Crippen molar-refractivity contribution in [2.45, 2.75) is 32.0 Å². The Balaban J connectivity index is 1.93. The molecule has 8 heteroatoms. The molecule has 1 aromatic heterocycles. The van der Waals surface area contributed by atoms with Gasteiger partial charge in [-0.1, -0.05) is 37.2 Å². The Kier molecular flexibility index (Phi) is 7.62. The molecule has 0 unspecified atom stereocenters. The fourth-order valence-electron chi connectivity index (χ4n) is 3.11. The Morgan fingerprint density at radius 2 is 1.94 bits per heavy atom. The lowest BCUT2D eigenvalue weighted by molar-refractivity contribution is 0.101. The van der Waals surface area contributed by atoms with E-state index in [1.165, 1.54) is 18.9 Å². The molecule has 3 rings (SSSR count). The largest absolute Gasteiger partial charge is 0.497 e. The Morgan fingerprint density at radius 3 is 2.61 bits per heavy atom. The number of nitrogens with zero attached hydrogens (tertiary/aromatic N) is 2. The van der Waals surface area contributed by atoms with Gasteiger partial charge in [-0.2, -0.15) is 0 Å². The van der Waals surface area contributed by atoms with Crippen LogP contribution in [0.4, 0.5) is 0 Å². The molecule has 0 amide bonds. The minimum Gasteiger partial charge on any atom is -0.497 e. The van der Waals surface area contributed by atoms with Crippen molar-refractivity contribution in [3.8, 4) is 11.5 Å². The summed E-state index contributed by atoms with van der Waals surface area (Å²) in [6.07, 6.45) is 0.828. The summed E-state index contributed by atoms with van der Waals surface area (Å²) in [5, 5.41) is 1.52. The summed E-state index contributed by atoms with van der Waals surface area (Å²) in [4.78, 5) is 30.7. The number of carbonyl (C=O) groups is 1. The monoisotopic (exact) mass is 460 g/mol. The maximum Gasteiger partial charge on any atom is 0.262 e. The SMILES string of the molecule is COc1ccc(C(=O)CSc2nc3cc(Cl)ccc3c(=O)n2CCC(C)C)c(OC)c1. The predicted molar refractivity (Wildman–Crippen MR) is 125 cm³/mol. The number of hydrogen-bond donors (Lipinski definition) is 0. The molecule has 0 aliphatic heterocycles. The van der Waals surface area contributed by atoms with E-state index < -0.39 is 0 Å². The number of benzene rings is 2. The first kappa shape index (κ1) is 23.2. The van der Waals surface area contributed by atoms with Crippen LogP contribution in [0.2, 0.25) is 5.02 Å². The molecular formula is C23H25ClN2O4S. The number of rotatable bonds is 9. The molecule has 0 saturated carbocycles. The Labute approximate surface area is 190 Å². The van der Waals surface area contributed by atoms with Crippen LogP contribution in [-0.2, 0) is 6.54 Å². The fourth-order valence-corrected chi connectivity index (χ4v) is 4.18. The topological polar surface area (TPSA) is 70.4 Å². The third-order valence-electron chi connectivity index (χ3n) is 4.85. The van der Waals surface area contributed by atoms with Crippen molar-refractivity contribution in [2.24, 2.45) is 5.92 Å². The van der Waals surface area contributed by atoms with Gasteiger partial charge >= 0.3 is 0 Å². The van der Waals surface area contributed by atoms with Crippen molar-refractivity contribution < 1.29 is 14.3 Å². The van der Waals surface area contributed by atoms with E-state index in [-0.39, 0.29) is 17.1 Å². The average Bonchev–Trinajstić information content (AvgIpc) is 2.76. The van der Waals surface area contributed by atoms with Crippen LogP contribution in [0.1, 0.15) is 30.6 Å². The van der Waals surface area contributed by atoms with E-state index >= 15 is 0 Å². The summed E-state index contributed by atoms with van der Waals surface area (Å²) in [7, 11) is 3.07. The maximum atomic E-state index is 13.1. The van der Waals surface area contributed by atoms with Crippen LogP contribution in [-0.4, -0.2) is 35.3 Å². The highest BCUT2D eigenvalue weighted by Crippen LogP contribution is 2.27. The lowest BCUT2D eigenvalue weighted by atomic mass is 10.1. The van der Waals surface area contributed by atoms with Crippen LogP contribution < -0.4 is 15.0 Å². The summed E-state index contributed by atoms with van der Waals surface area (Å²) in [6, 6.07) is 10.1. The first-order chi connectivity index (χ1) is 14.8. The molecule has 0 aliphatic carbocycles. The molecule has 1 heterocycles. The quantitative estimate of drug-likeness (QED) is 0.252. The van der Waals surface area contributed by atoms with Gasteiger partial charge in [-0.05, 0) is 42.7 Å². The highest BCUT2D eigenvalue weighted by Gasteiger charge is 2.17. The first-order valence-corrected chi connectivity index (χ1v) is 11.3. The van der Waals surface area contributed by atoms with Gasteiger partial charge in [0.25, 0.3) is 5.56 Å². The summed E-state index contributed by atoms with van der Waals surface area (Å²) in [5.41, 5.74) is 0.852. The van der Waals surface area contributed by atoms with Gasteiger partial charge in [0.1, 0.15) is 11.5 Å². The first-order valence-electron chi connectivity index (χ1n) is 9.92. The number of halogens is 1. The van der Waals surface area contributed by atoms with Crippen molar-refractivity contribution >= 4 is 40.0 Å². The molecule has 3 aromatic rings. The van der Waals surface area contributed by atoms with E-state index in [0.717, 1.165) is 6.42 Å². The van der Waals surface area contributed by atoms with Crippen LogP contribution in [0.15, 0.2) is 46.3 Å². The third kappa shape index (κ3) is 5.40. The van der Waals surface area contributed by atoms with E-state index in [0.29, 0.717) is 50.6 Å². The minimum atomic E-state index is -0.126. The van der Waals surface area contributed by atoms with Gasteiger partial charge in [0, 0.05) is 17.6 Å². The highest BCUT2D eigenvalue weighted by molar-refractivity contribution is 7.99. The third-order valence-corrected chi connectivity index (χ3v) is 6.07. The van der Waals surface area contributed by atoms with Crippen molar-refractivity contribution in [2.75, 3.05) is 20.0 Å². The molecule has 0 spiro atoms.